The summed E-state index contributed by atoms with van der Waals surface area (Å²) in [7, 11) is 0. The third-order valence-electron chi connectivity index (χ3n) is 3.26. The summed E-state index contributed by atoms with van der Waals surface area (Å²) < 4.78 is 4.20. The molecule has 0 aliphatic rings. The fraction of sp³-hybridized carbons (Fsp3) is 0.769. The van der Waals surface area contributed by atoms with Gasteiger partial charge < -0.3 is 16.0 Å². The second-order valence-corrected chi connectivity index (χ2v) is 6.23. The Labute approximate surface area is 125 Å². The fourth-order valence-corrected chi connectivity index (χ4v) is 3.68. The van der Waals surface area contributed by atoms with E-state index in [0.717, 1.165) is 23.0 Å². The van der Waals surface area contributed by atoms with E-state index in [1.165, 1.54) is 30.9 Å². The minimum Gasteiger partial charge on any atom is -0.382 e. The van der Waals surface area contributed by atoms with Crippen LogP contribution < -0.4 is 11.1 Å². The maximum atomic E-state index is 5.84. The zero-order chi connectivity index (χ0) is 14.3. The molecule has 3 N–H and O–H groups in total. The number of nitrogens with one attached hydrogen (secondary N) is 1. The first kappa shape index (κ1) is 16.6. The molecular formula is C13H26N4S2. The van der Waals surface area contributed by atoms with Crippen LogP contribution in [0.4, 0.5) is 10.8 Å². The first-order valence-corrected chi connectivity index (χ1v) is 8.90. The van der Waals surface area contributed by atoms with Crippen LogP contribution in [0.1, 0.15) is 33.6 Å². The van der Waals surface area contributed by atoms with E-state index in [9.17, 15) is 0 Å². The molecule has 0 aliphatic carbocycles. The summed E-state index contributed by atoms with van der Waals surface area (Å²) >= 11 is 3.12. The van der Waals surface area contributed by atoms with E-state index in [1.54, 1.807) is 11.8 Å². The number of nitrogens with two attached hydrogens (primary N) is 1. The molecule has 4 nitrogen and oxygen atoms in total. The third kappa shape index (κ3) is 5.20. The zero-order valence-electron chi connectivity index (χ0n) is 12.4. The molecule has 0 aliphatic heterocycles. The van der Waals surface area contributed by atoms with Gasteiger partial charge in [0.2, 0.25) is 0 Å². The Hall–Kier alpha value is -0.460. The van der Waals surface area contributed by atoms with Crippen molar-refractivity contribution in [3.8, 4) is 0 Å². The molecule has 0 bridgehead atoms. The molecule has 1 atom stereocenters. The largest absolute Gasteiger partial charge is 0.382 e. The molecule has 1 unspecified atom stereocenters. The molecule has 0 radical (unpaired) electrons. The average molecular weight is 303 g/mol. The van der Waals surface area contributed by atoms with Crippen LogP contribution in [0.3, 0.4) is 0 Å². The van der Waals surface area contributed by atoms with Crippen LogP contribution in [0, 0.1) is 0 Å². The van der Waals surface area contributed by atoms with E-state index >= 15 is 0 Å². The average Bonchev–Trinajstić information content (AvgIpc) is 2.75. The fourth-order valence-electron chi connectivity index (χ4n) is 2.04. The van der Waals surface area contributed by atoms with E-state index < -0.39 is 0 Å². The molecule has 0 fully saturated rings. The van der Waals surface area contributed by atoms with Crippen molar-refractivity contribution in [1.82, 2.24) is 9.27 Å². The van der Waals surface area contributed by atoms with Crippen molar-refractivity contribution in [2.24, 2.45) is 0 Å². The molecule has 1 aromatic rings. The summed E-state index contributed by atoms with van der Waals surface area (Å²) in [6.45, 7) is 10.1. The topological polar surface area (TPSA) is 54.2 Å². The lowest BCUT2D eigenvalue weighted by Crippen LogP contribution is -2.25. The van der Waals surface area contributed by atoms with Crippen molar-refractivity contribution in [3.05, 3.63) is 0 Å². The van der Waals surface area contributed by atoms with Crippen molar-refractivity contribution in [2.45, 2.75) is 44.6 Å². The van der Waals surface area contributed by atoms with Gasteiger partial charge in [-0.25, -0.2) is 0 Å². The van der Waals surface area contributed by atoms with Crippen LogP contribution in [0.25, 0.3) is 0 Å². The molecule has 0 saturated heterocycles. The van der Waals surface area contributed by atoms with Gasteiger partial charge in [-0.2, -0.15) is 4.37 Å². The van der Waals surface area contributed by atoms with Crippen molar-refractivity contribution in [2.75, 3.05) is 36.9 Å². The van der Waals surface area contributed by atoms with Gasteiger partial charge in [-0.3, -0.25) is 0 Å². The van der Waals surface area contributed by atoms with Gasteiger partial charge >= 0.3 is 0 Å². The number of rotatable bonds is 9. The number of hydrogen-bond acceptors (Lipinski definition) is 6. The van der Waals surface area contributed by atoms with E-state index in [1.807, 2.05) is 6.26 Å². The first-order chi connectivity index (χ1) is 9.12. The third-order valence-corrected chi connectivity index (χ3v) is 5.00. The SMILES string of the molecule is CCN(CC)CCCC(C)Nc1snc(N)c1SC. The van der Waals surface area contributed by atoms with Gasteiger partial charge in [0.15, 0.2) is 5.82 Å². The molecule has 6 heteroatoms. The van der Waals surface area contributed by atoms with Gasteiger partial charge in [0.25, 0.3) is 0 Å². The Kier molecular flexibility index (Phi) is 7.56. The Balaban J connectivity index is 2.36. The highest BCUT2D eigenvalue weighted by Gasteiger charge is 2.12. The minimum atomic E-state index is 0.460. The van der Waals surface area contributed by atoms with Crippen LogP contribution >= 0.6 is 23.3 Å². The van der Waals surface area contributed by atoms with E-state index in [4.69, 9.17) is 5.73 Å². The van der Waals surface area contributed by atoms with Gasteiger partial charge in [-0.15, -0.1) is 11.8 Å². The van der Waals surface area contributed by atoms with Gasteiger partial charge in [0, 0.05) is 6.04 Å². The second kappa shape index (κ2) is 8.66. The summed E-state index contributed by atoms with van der Waals surface area (Å²) in [5, 5.41) is 4.64. The monoisotopic (exact) mass is 302 g/mol. The minimum absolute atomic E-state index is 0.460. The van der Waals surface area contributed by atoms with Crippen molar-refractivity contribution >= 4 is 34.1 Å². The lowest BCUT2D eigenvalue weighted by Gasteiger charge is -2.20. The Morgan fingerprint density at radius 2 is 2.11 bits per heavy atom. The molecule has 0 spiro atoms. The summed E-state index contributed by atoms with van der Waals surface area (Å²) in [5.41, 5.74) is 5.84. The highest BCUT2D eigenvalue weighted by Crippen LogP contribution is 2.35. The molecule has 0 amide bonds. The van der Waals surface area contributed by atoms with E-state index in [2.05, 4.69) is 35.4 Å². The zero-order valence-corrected chi connectivity index (χ0v) is 14.0. The van der Waals surface area contributed by atoms with Crippen LogP contribution in [0.15, 0.2) is 4.90 Å². The summed E-state index contributed by atoms with van der Waals surface area (Å²) in [6, 6.07) is 0.460. The Morgan fingerprint density at radius 3 is 2.68 bits per heavy atom. The van der Waals surface area contributed by atoms with Crippen LogP contribution in [0.5, 0.6) is 0 Å². The molecule has 110 valence electrons. The van der Waals surface area contributed by atoms with E-state index in [0.29, 0.717) is 11.9 Å². The van der Waals surface area contributed by atoms with Crippen molar-refractivity contribution in [1.29, 1.82) is 0 Å². The molecule has 0 saturated carbocycles. The summed E-state index contributed by atoms with van der Waals surface area (Å²) in [6.07, 6.45) is 4.43. The number of nitrogens with zero attached hydrogens (tertiary/aromatic N) is 2. The first-order valence-electron chi connectivity index (χ1n) is 6.90. The molecule has 1 heterocycles. The smallest absolute Gasteiger partial charge is 0.153 e. The molecule has 19 heavy (non-hydrogen) atoms. The highest BCUT2D eigenvalue weighted by atomic mass is 32.2. The molecular weight excluding hydrogens is 276 g/mol. The summed E-state index contributed by atoms with van der Waals surface area (Å²) in [4.78, 5) is 3.55. The maximum Gasteiger partial charge on any atom is 0.153 e. The Morgan fingerprint density at radius 1 is 1.42 bits per heavy atom. The standard InChI is InChI=1S/C13H26N4S2/c1-5-17(6-2)9-7-8-10(3)15-13-11(18-4)12(14)16-19-13/h10,15H,5-9H2,1-4H3,(H2,14,16). The van der Waals surface area contributed by atoms with Gasteiger partial charge in [0.1, 0.15) is 5.00 Å². The number of hydrogen-bond donors (Lipinski definition) is 2. The number of nitrogen functional groups attached to an aromatic ring is 1. The normalized spacial score (nSPS) is 12.9. The molecule has 1 rings (SSSR count). The Bertz CT molecular complexity index is 364. The van der Waals surface area contributed by atoms with Gasteiger partial charge in [-0.1, -0.05) is 13.8 Å². The predicted molar refractivity (Wildman–Crippen MR) is 88.4 cm³/mol. The van der Waals surface area contributed by atoms with Crippen molar-refractivity contribution in [3.63, 3.8) is 0 Å². The number of anilines is 2. The quantitative estimate of drug-likeness (QED) is 0.685. The van der Waals surface area contributed by atoms with Crippen LogP contribution in [0.2, 0.25) is 0 Å². The van der Waals surface area contributed by atoms with Gasteiger partial charge in [0.05, 0.1) is 4.90 Å². The highest BCUT2D eigenvalue weighted by molar-refractivity contribution is 7.99. The number of aromatic nitrogens is 1. The lowest BCUT2D eigenvalue weighted by molar-refractivity contribution is 0.295. The lowest BCUT2D eigenvalue weighted by atomic mass is 10.2. The molecule has 1 aromatic heterocycles. The van der Waals surface area contributed by atoms with Crippen LogP contribution in [-0.2, 0) is 0 Å². The maximum absolute atomic E-state index is 5.84. The molecule has 0 aromatic carbocycles. The number of thioether (sulfide) groups is 1. The van der Waals surface area contributed by atoms with Crippen LogP contribution in [-0.4, -0.2) is 41.2 Å². The second-order valence-electron chi connectivity index (χ2n) is 4.64. The van der Waals surface area contributed by atoms with E-state index in [-0.39, 0.29) is 0 Å². The van der Waals surface area contributed by atoms with Gasteiger partial charge in [-0.05, 0) is 57.2 Å². The summed E-state index contributed by atoms with van der Waals surface area (Å²) in [5.74, 6) is 0.648. The van der Waals surface area contributed by atoms with Crippen molar-refractivity contribution < 1.29 is 0 Å². The predicted octanol–water partition coefficient (Wildman–Crippen LogP) is 3.37.